The van der Waals surface area contributed by atoms with E-state index in [1.807, 2.05) is 0 Å². The number of nitrogens with zero attached hydrogens (tertiary/aromatic N) is 1. The van der Waals surface area contributed by atoms with Crippen molar-refractivity contribution in [2.24, 2.45) is 0 Å². The molecule has 0 aliphatic heterocycles. The normalized spacial score (nSPS) is 14.0. The molecule has 0 aromatic carbocycles. The molecule has 0 radical (unpaired) electrons. The van der Waals surface area contributed by atoms with Gasteiger partial charge in [0.05, 0.1) is 40.3 Å². The van der Waals surface area contributed by atoms with Gasteiger partial charge in [-0.3, -0.25) is 9.59 Å². The summed E-state index contributed by atoms with van der Waals surface area (Å²) in [5.41, 5.74) is 0. The van der Waals surface area contributed by atoms with Gasteiger partial charge in [-0.15, -0.1) is 0 Å². The van der Waals surface area contributed by atoms with Crippen LogP contribution in [0, 0.1) is 0 Å². The molecule has 0 aromatic heterocycles. The highest BCUT2D eigenvalue weighted by atomic mass is 16.6. The van der Waals surface area contributed by atoms with Gasteiger partial charge in [0.2, 0.25) is 0 Å². The van der Waals surface area contributed by atoms with E-state index in [2.05, 4.69) is 111 Å². The highest BCUT2D eigenvalue weighted by molar-refractivity contribution is 5.70. The number of rotatable bonds is 34. The third-order valence-electron chi connectivity index (χ3n) is 8.22. The highest BCUT2D eigenvalue weighted by Gasteiger charge is 2.25. The summed E-state index contributed by atoms with van der Waals surface area (Å²) < 4.78 is 17.0. The van der Waals surface area contributed by atoms with Crippen molar-refractivity contribution >= 4 is 17.9 Å². The lowest BCUT2D eigenvalue weighted by molar-refractivity contribution is -0.889. The van der Waals surface area contributed by atoms with Gasteiger partial charge in [0.25, 0.3) is 0 Å². The average molecular weight is 752 g/mol. The maximum atomic E-state index is 12.7. The molecule has 0 aromatic rings. The molecule has 54 heavy (non-hydrogen) atoms. The van der Waals surface area contributed by atoms with Gasteiger partial charge in [-0.25, -0.2) is 0 Å². The minimum Gasteiger partial charge on any atom is -0.544 e. The summed E-state index contributed by atoms with van der Waals surface area (Å²) >= 11 is 0. The van der Waals surface area contributed by atoms with Gasteiger partial charge in [0, 0.05) is 19.3 Å². The first-order valence-electron chi connectivity index (χ1n) is 20.3. The van der Waals surface area contributed by atoms with Crippen molar-refractivity contribution < 1.29 is 38.2 Å². The van der Waals surface area contributed by atoms with Crippen LogP contribution in [0.15, 0.2) is 97.2 Å². The summed E-state index contributed by atoms with van der Waals surface area (Å²) in [5, 5.41) is 11.6. The number of hydrogen-bond donors (Lipinski definition) is 0. The van der Waals surface area contributed by atoms with Crippen molar-refractivity contribution in [3.05, 3.63) is 97.2 Å². The zero-order valence-corrected chi connectivity index (χ0v) is 34.3. The molecule has 0 N–H and O–H groups in total. The van der Waals surface area contributed by atoms with Crippen molar-refractivity contribution in [3.63, 3.8) is 0 Å². The zero-order chi connectivity index (χ0) is 40.0. The number of allylic oxidation sites excluding steroid dienone is 16. The maximum Gasteiger partial charge on any atom is 0.306 e. The fourth-order valence-electron chi connectivity index (χ4n) is 5.12. The first kappa shape index (κ1) is 50.2. The van der Waals surface area contributed by atoms with Crippen LogP contribution in [-0.2, 0) is 28.6 Å². The van der Waals surface area contributed by atoms with E-state index in [1.165, 1.54) is 0 Å². The minimum atomic E-state index is -1.14. The Morgan fingerprint density at radius 1 is 0.556 bits per heavy atom. The third-order valence-corrected chi connectivity index (χ3v) is 8.22. The lowest BCUT2D eigenvalue weighted by atomic mass is 10.1. The molecule has 0 heterocycles. The largest absolute Gasteiger partial charge is 0.544 e. The van der Waals surface area contributed by atoms with Gasteiger partial charge in [-0.2, -0.15) is 0 Å². The number of quaternary nitrogens is 1. The molecule has 0 rings (SSSR count). The first-order valence-corrected chi connectivity index (χ1v) is 20.3. The quantitative estimate of drug-likeness (QED) is 0.0280. The zero-order valence-electron chi connectivity index (χ0n) is 34.3. The Hall–Kier alpha value is -3.75. The second-order valence-electron chi connectivity index (χ2n) is 14.1. The predicted molar refractivity (Wildman–Crippen MR) is 221 cm³/mol. The summed E-state index contributed by atoms with van der Waals surface area (Å²) in [7, 11) is 5.36. The Morgan fingerprint density at radius 2 is 1.00 bits per heavy atom. The smallest absolute Gasteiger partial charge is 0.306 e. The third kappa shape index (κ3) is 34.0. The topological polar surface area (TPSA) is 102 Å². The van der Waals surface area contributed by atoms with Gasteiger partial charge in [-0.05, 0) is 83.5 Å². The summed E-state index contributed by atoms with van der Waals surface area (Å²) in [6.07, 6.45) is 47.3. The monoisotopic (exact) mass is 752 g/mol. The molecular formula is C46H73NO7. The molecule has 0 spiro atoms. The number of likely N-dealkylation sites (N-methyl/N-ethyl adjacent to an activating group) is 1. The van der Waals surface area contributed by atoms with Crippen LogP contribution in [0.4, 0.5) is 0 Å². The van der Waals surface area contributed by atoms with Crippen LogP contribution in [0.2, 0.25) is 0 Å². The van der Waals surface area contributed by atoms with Crippen molar-refractivity contribution in [1.29, 1.82) is 0 Å². The number of aliphatic carboxylic acids is 1. The molecule has 0 amide bonds. The van der Waals surface area contributed by atoms with Crippen LogP contribution >= 0.6 is 0 Å². The average Bonchev–Trinajstić information content (AvgIpc) is 3.12. The number of carbonyl (C=O) groups is 3. The van der Waals surface area contributed by atoms with E-state index in [1.54, 1.807) is 21.1 Å². The second-order valence-corrected chi connectivity index (χ2v) is 14.1. The van der Waals surface area contributed by atoms with Gasteiger partial charge in [-0.1, -0.05) is 117 Å². The highest BCUT2D eigenvalue weighted by Crippen LogP contribution is 2.10. The fraction of sp³-hybridized carbons (Fsp3) is 0.587. The Balaban J connectivity index is 4.57. The molecule has 304 valence electrons. The predicted octanol–water partition coefficient (Wildman–Crippen LogP) is 9.40. The Morgan fingerprint density at radius 3 is 1.46 bits per heavy atom. The summed E-state index contributed by atoms with van der Waals surface area (Å²) in [5.74, 6) is -1.87. The Labute approximate surface area is 328 Å². The van der Waals surface area contributed by atoms with Gasteiger partial charge in [0.15, 0.2) is 6.10 Å². The second kappa shape index (κ2) is 36.2. The van der Waals surface area contributed by atoms with Crippen molar-refractivity contribution in [2.75, 3.05) is 41.0 Å². The lowest BCUT2D eigenvalue weighted by Crippen LogP contribution is -2.55. The number of carbonyl (C=O) groups excluding carboxylic acids is 3. The Bertz CT molecular complexity index is 1200. The van der Waals surface area contributed by atoms with E-state index < -0.39 is 18.1 Å². The van der Waals surface area contributed by atoms with E-state index in [-0.39, 0.29) is 49.1 Å². The number of hydrogen-bond acceptors (Lipinski definition) is 7. The van der Waals surface area contributed by atoms with Crippen molar-refractivity contribution in [3.8, 4) is 0 Å². The van der Waals surface area contributed by atoms with E-state index in [0.717, 1.165) is 83.5 Å². The van der Waals surface area contributed by atoms with Crippen molar-refractivity contribution in [1.82, 2.24) is 0 Å². The van der Waals surface area contributed by atoms with Crippen LogP contribution in [0.3, 0.4) is 0 Å². The molecular weight excluding hydrogens is 679 g/mol. The van der Waals surface area contributed by atoms with Crippen LogP contribution in [-0.4, -0.2) is 75.5 Å². The van der Waals surface area contributed by atoms with E-state index in [9.17, 15) is 19.5 Å². The van der Waals surface area contributed by atoms with Crippen LogP contribution in [0.25, 0.3) is 0 Å². The fourth-order valence-corrected chi connectivity index (χ4v) is 5.12. The standard InChI is InChI=1S/C46H73NO7/c1-6-8-10-12-14-16-18-20-21-22-23-25-27-29-31-33-35-37-45(49)54-42(40-52-39-38-43(46(50)51)47(3,4)5)41-53-44(48)36-34-32-30-28-26-24-19-17-15-13-11-9-7-2/h8-11,14-17,20-21,23-26,29,31,42-43H,6-7,12-13,18-19,22,27-28,30,32-41H2,1-5H3/b10-8-,11-9-,16-14-,17-15-,21-20-,25-23-,26-24-,31-29-. The number of ether oxygens (including phenoxy) is 3. The summed E-state index contributed by atoms with van der Waals surface area (Å²) in [6.45, 7) is 4.30. The Kier molecular flexibility index (Phi) is 33.7. The summed E-state index contributed by atoms with van der Waals surface area (Å²) in [6, 6.07) is -0.745. The number of carboxylic acids is 1. The van der Waals surface area contributed by atoms with Gasteiger partial charge >= 0.3 is 11.9 Å². The number of unbranched alkanes of at least 4 members (excludes halogenated alkanes) is 4. The number of carboxylic acid groups (broad SMARTS) is 1. The lowest BCUT2D eigenvalue weighted by Gasteiger charge is -2.34. The SMILES string of the molecule is CC/C=C\C/C=C\C/C=C\C/C=C\C/C=C\CCCC(=O)OC(COCCC(C(=O)[O-])[N+](C)(C)C)COC(=O)CCCCC/C=C\C/C=C\C/C=C\CC. The summed E-state index contributed by atoms with van der Waals surface area (Å²) in [4.78, 5) is 36.7. The molecule has 0 bridgehead atoms. The minimum absolute atomic E-state index is 0.00165. The van der Waals surface area contributed by atoms with Crippen LogP contribution < -0.4 is 5.11 Å². The molecule has 0 aliphatic carbocycles. The molecule has 8 nitrogen and oxygen atoms in total. The van der Waals surface area contributed by atoms with Crippen molar-refractivity contribution in [2.45, 2.75) is 135 Å². The molecule has 2 atom stereocenters. The molecule has 8 heteroatoms. The van der Waals surface area contributed by atoms with Gasteiger partial charge < -0.3 is 28.6 Å². The maximum absolute atomic E-state index is 12.7. The van der Waals surface area contributed by atoms with Crippen LogP contribution in [0.1, 0.15) is 123 Å². The molecule has 0 saturated carbocycles. The van der Waals surface area contributed by atoms with E-state index in [0.29, 0.717) is 12.8 Å². The molecule has 0 fully saturated rings. The molecule has 0 saturated heterocycles. The molecule has 0 aliphatic rings. The van der Waals surface area contributed by atoms with E-state index in [4.69, 9.17) is 14.2 Å². The number of esters is 2. The van der Waals surface area contributed by atoms with E-state index >= 15 is 0 Å². The van der Waals surface area contributed by atoms with Gasteiger partial charge in [0.1, 0.15) is 12.6 Å². The first-order chi connectivity index (χ1) is 26.1. The molecule has 2 unspecified atom stereocenters. The van der Waals surface area contributed by atoms with Crippen LogP contribution in [0.5, 0.6) is 0 Å².